The maximum atomic E-state index is 12.3. The van der Waals surface area contributed by atoms with Crippen LogP contribution in [0.5, 0.6) is 0 Å². The standard InChI is InChI=1S/C20H19N3O3/c1-14-5-3-4-6-17(14)12-23-13-18(11-21-23)22-19(24)15-7-9-16(10-8-15)20(25)26-2/h3-11,13H,12H2,1-2H3,(H,22,24). The molecule has 0 unspecified atom stereocenters. The van der Waals surface area contributed by atoms with Crippen molar-refractivity contribution in [2.24, 2.45) is 0 Å². The summed E-state index contributed by atoms with van der Waals surface area (Å²) in [4.78, 5) is 23.8. The molecule has 0 aliphatic carbocycles. The molecule has 2 aromatic carbocycles. The first kappa shape index (κ1) is 17.4. The predicted molar refractivity (Wildman–Crippen MR) is 98.2 cm³/mol. The van der Waals surface area contributed by atoms with Crippen molar-refractivity contribution in [3.05, 3.63) is 83.2 Å². The highest BCUT2D eigenvalue weighted by Gasteiger charge is 2.10. The van der Waals surface area contributed by atoms with Crippen molar-refractivity contribution >= 4 is 17.6 Å². The van der Waals surface area contributed by atoms with Crippen molar-refractivity contribution in [2.45, 2.75) is 13.5 Å². The molecule has 26 heavy (non-hydrogen) atoms. The van der Waals surface area contributed by atoms with Gasteiger partial charge in [-0.05, 0) is 42.3 Å². The second-order valence-corrected chi connectivity index (χ2v) is 5.88. The number of amides is 1. The molecule has 132 valence electrons. The fraction of sp³-hybridized carbons (Fsp3) is 0.150. The van der Waals surface area contributed by atoms with E-state index in [2.05, 4.69) is 34.2 Å². The van der Waals surface area contributed by atoms with E-state index in [1.165, 1.54) is 18.2 Å². The van der Waals surface area contributed by atoms with Gasteiger partial charge in [0, 0.05) is 11.8 Å². The van der Waals surface area contributed by atoms with Crippen LogP contribution in [-0.4, -0.2) is 28.8 Å². The van der Waals surface area contributed by atoms with Crippen LogP contribution in [0.25, 0.3) is 0 Å². The van der Waals surface area contributed by atoms with Gasteiger partial charge in [-0.2, -0.15) is 5.10 Å². The number of benzene rings is 2. The number of anilines is 1. The second kappa shape index (κ2) is 7.65. The Hall–Kier alpha value is -3.41. The van der Waals surface area contributed by atoms with Crippen molar-refractivity contribution in [2.75, 3.05) is 12.4 Å². The number of esters is 1. The molecule has 3 aromatic rings. The second-order valence-electron chi connectivity index (χ2n) is 5.88. The number of hydrogen-bond donors (Lipinski definition) is 1. The smallest absolute Gasteiger partial charge is 0.337 e. The van der Waals surface area contributed by atoms with Gasteiger partial charge in [-0.3, -0.25) is 9.48 Å². The van der Waals surface area contributed by atoms with Gasteiger partial charge in [0.1, 0.15) is 0 Å². The van der Waals surface area contributed by atoms with Crippen molar-refractivity contribution in [1.29, 1.82) is 0 Å². The van der Waals surface area contributed by atoms with Gasteiger partial charge in [-0.1, -0.05) is 24.3 Å². The first-order chi connectivity index (χ1) is 12.6. The van der Waals surface area contributed by atoms with Crippen LogP contribution in [0, 0.1) is 6.92 Å². The zero-order valence-electron chi connectivity index (χ0n) is 14.6. The maximum Gasteiger partial charge on any atom is 0.337 e. The molecule has 3 rings (SSSR count). The third-order valence-electron chi connectivity index (χ3n) is 4.05. The van der Waals surface area contributed by atoms with Crippen molar-refractivity contribution in [1.82, 2.24) is 9.78 Å². The van der Waals surface area contributed by atoms with Crippen LogP contribution in [0.2, 0.25) is 0 Å². The molecule has 6 nitrogen and oxygen atoms in total. The lowest BCUT2D eigenvalue weighted by molar-refractivity contribution is 0.0600. The summed E-state index contributed by atoms with van der Waals surface area (Å²) < 4.78 is 6.42. The quantitative estimate of drug-likeness (QED) is 0.718. The fourth-order valence-corrected chi connectivity index (χ4v) is 2.56. The minimum atomic E-state index is -0.436. The first-order valence-corrected chi connectivity index (χ1v) is 8.13. The number of methoxy groups -OCH3 is 1. The van der Waals surface area contributed by atoms with Crippen molar-refractivity contribution in [3.63, 3.8) is 0 Å². The minimum absolute atomic E-state index is 0.267. The topological polar surface area (TPSA) is 73.2 Å². The first-order valence-electron chi connectivity index (χ1n) is 8.13. The van der Waals surface area contributed by atoms with E-state index in [-0.39, 0.29) is 5.91 Å². The van der Waals surface area contributed by atoms with E-state index < -0.39 is 5.97 Å². The van der Waals surface area contributed by atoms with Gasteiger partial charge < -0.3 is 10.1 Å². The summed E-state index contributed by atoms with van der Waals surface area (Å²) in [6.45, 7) is 2.69. The summed E-state index contributed by atoms with van der Waals surface area (Å²) in [6.07, 6.45) is 3.39. The molecule has 1 N–H and O–H groups in total. The van der Waals surface area contributed by atoms with Gasteiger partial charge in [-0.25, -0.2) is 4.79 Å². The van der Waals surface area contributed by atoms with E-state index in [0.717, 1.165) is 0 Å². The van der Waals surface area contributed by atoms with Crippen LogP contribution in [-0.2, 0) is 11.3 Å². The third kappa shape index (κ3) is 3.97. The lowest BCUT2D eigenvalue weighted by atomic mass is 10.1. The highest BCUT2D eigenvalue weighted by molar-refractivity contribution is 6.04. The summed E-state index contributed by atoms with van der Waals surface area (Å²) in [6, 6.07) is 14.4. The molecule has 0 radical (unpaired) electrons. The largest absolute Gasteiger partial charge is 0.465 e. The Bertz CT molecular complexity index is 929. The lowest BCUT2D eigenvalue weighted by Gasteiger charge is -2.05. The molecule has 0 bridgehead atoms. The Morgan fingerprint density at radius 3 is 2.46 bits per heavy atom. The number of nitrogens with one attached hydrogen (secondary N) is 1. The summed E-state index contributed by atoms with van der Waals surface area (Å²) in [5, 5.41) is 7.09. The molecule has 0 aliphatic rings. The summed E-state index contributed by atoms with van der Waals surface area (Å²) >= 11 is 0. The molecular formula is C20H19N3O3. The maximum absolute atomic E-state index is 12.3. The average molecular weight is 349 g/mol. The monoisotopic (exact) mass is 349 g/mol. The Kier molecular flexibility index (Phi) is 5.12. The van der Waals surface area contributed by atoms with Gasteiger partial charge >= 0.3 is 5.97 Å². The van der Waals surface area contributed by atoms with Crippen LogP contribution < -0.4 is 5.32 Å². The van der Waals surface area contributed by atoms with Crippen LogP contribution in [0.4, 0.5) is 5.69 Å². The average Bonchev–Trinajstić information content (AvgIpc) is 3.10. The Morgan fingerprint density at radius 1 is 1.08 bits per heavy atom. The lowest BCUT2D eigenvalue weighted by Crippen LogP contribution is -2.12. The molecule has 0 fully saturated rings. The Labute approximate surface area is 151 Å². The minimum Gasteiger partial charge on any atom is -0.465 e. The van der Waals surface area contributed by atoms with Crippen molar-refractivity contribution in [3.8, 4) is 0 Å². The molecule has 0 aliphatic heterocycles. The van der Waals surface area contributed by atoms with Gasteiger partial charge in [-0.15, -0.1) is 0 Å². The molecule has 1 amide bonds. The van der Waals surface area contributed by atoms with E-state index in [9.17, 15) is 9.59 Å². The van der Waals surface area contributed by atoms with Crippen LogP contribution >= 0.6 is 0 Å². The predicted octanol–water partition coefficient (Wildman–Crippen LogP) is 3.28. The van der Waals surface area contributed by atoms with E-state index in [4.69, 9.17) is 0 Å². The number of aryl methyl sites for hydroxylation is 1. The molecule has 0 atom stereocenters. The number of hydrogen-bond acceptors (Lipinski definition) is 4. The molecular weight excluding hydrogens is 330 g/mol. The van der Waals surface area contributed by atoms with Crippen LogP contribution in [0.3, 0.4) is 0 Å². The number of nitrogens with zero attached hydrogens (tertiary/aromatic N) is 2. The number of carbonyl (C=O) groups is 2. The summed E-state index contributed by atoms with van der Waals surface area (Å²) in [5.41, 5.74) is 3.83. The molecule has 1 heterocycles. The van der Waals surface area contributed by atoms with Crippen molar-refractivity contribution < 1.29 is 14.3 Å². The molecule has 0 saturated carbocycles. The zero-order chi connectivity index (χ0) is 18.5. The van der Waals surface area contributed by atoms with E-state index in [1.54, 1.807) is 41.3 Å². The SMILES string of the molecule is COC(=O)c1ccc(C(=O)Nc2cnn(Cc3ccccc3C)c2)cc1. The van der Waals surface area contributed by atoms with Gasteiger partial charge in [0.05, 0.1) is 31.1 Å². The van der Waals surface area contributed by atoms with E-state index in [0.29, 0.717) is 23.4 Å². The zero-order valence-corrected chi connectivity index (χ0v) is 14.6. The number of aromatic nitrogens is 2. The van der Waals surface area contributed by atoms with Crippen LogP contribution in [0.15, 0.2) is 60.9 Å². The normalized spacial score (nSPS) is 10.4. The molecule has 6 heteroatoms. The summed E-state index contributed by atoms with van der Waals surface area (Å²) in [5.74, 6) is -0.703. The van der Waals surface area contributed by atoms with Gasteiger partial charge in [0.15, 0.2) is 0 Å². The van der Waals surface area contributed by atoms with Gasteiger partial charge in [0.2, 0.25) is 0 Å². The van der Waals surface area contributed by atoms with E-state index >= 15 is 0 Å². The number of carbonyl (C=O) groups excluding carboxylic acids is 2. The molecule has 0 saturated heterocycles. The fourth-order valence-electron chi connectivity index (χ4n) is 2.56. The Morgan fingerprint density at radius 2 is 1.77 bits per heavy atom. The molecule has 1 aromatic heterocycles. The summed E-state index contributed by atoms with van der Waals surface area (Å²) in [7, 11) is 1.32. The van der Waals surface area contributed by atoms with E-state index in [1.807, 2.05) is 12.1 Å². The third-order valence-corrected chi connectivity index (χ3v) is 4.05. The highest BCUT2D eigenvalue weighted by Crippen LogP contribution is 2.13. The highest BCUT2D eigenvalue weighted by atomic mass is 16.5. The number of rotatable bonds is 5. The Balaban J connectivity index is 1.66. The molecule has 0 spiro atoms. The van der Waals surface area contributed by atoms with Gasteiger partial charge in [0.25, 0.3) is 5.91 Å². The van der Waals surface area contributed by atoms with Crippen LogP contribution in [0.1, 0.15) is 31.8 Å². The number of ether oxygens (including phenoxy) is 1.